The maximum atomic E-state index is 12.0. The van der Waals surface area contributed by atoms with Crippen molar-refractivity contribution in [1.29, 1.82) is 0 Å². The zero-order valence-corrected chi connectivity index (χ0v) is 13.8. The van der Waals surface area contributed by atoms with Crippen LogP contribution in [0.3, 0.4) is 0 Å². The molecule has 1 unspecified atom stereocenters. The van der Waals surface area contributed by atoms with E-state index in [9.17, 15) is 9.59 Å². The molecule has 0 radical (unpaired) electrons. The fourth-order valence-corrected chi connectivity index (χ4v) is 2.53. The number of hydrogen-bond acceptors (Lipinski definition) is 5. The van der Waals surface area contributed by atoms with Gasteiger partial charge in [0.1, 0.15) is 0 Å². The lowest BCUT2D eigenvalue weighted by molar-refractivity contribution is -0.146. The smallest absolute Gasteiger partial charge is 0.315 e. The lowest BCUT2D eigenvalue weighted by Gasteiger charge is -2.23. The van der Waals surface area contributed by atoms with E-state index in [2.05, 4.69) is 10.6 Å². The number of morpholine rings is 1. The second-order valence-corrected chi connectivity index (χ2v) is 6.17. The number of nitrogens with one attached hydrogen (secondary N) is 2. The van der Waals surface area contributed by atoms with Crippen molar-refractivity contribution in [3.63, 3.8) is 0 Å². The van der Waals surface area contributed by atoms with Crippen LogP contribution in [0.15, 0.2) is 24.3 Å². The summed E-state index contributed by atoms with van der Waals surface area (Å²) in [6.45, 7) is 5.63. The van der Waals surface area contributed by atoms with Gasteiger partial charge in [-0.2, -0.15) is 0 Å². The van der Waals surface area contributed by atoms with Crippen molar-refractivity contribution in [1.82, 2.24) is 5.32 Å². The first-order chi connectivity index (χ1) is 10.9. The highest BCUT2D eigenvalue weighted by atomic mass is 16.5. The number of anilines is 1. The Hall–Kier alpha value is -1.92. The number of benzene rings is 1. The lowest BCUT2D eigenvalue weighted by Crippen LogP contribution is -2.43. The highest BCUT2D eigenvalue weighted by molar-refractivity contribution is 5.91. The van der Waals surface area contributed by atoms with Gasteiger partial charge < -0.3 is 20.1 Å². The van der Waals surface area contributed by atoms with Gasteiger partial charge in [0.05, 0.1) is 25.7 Å². The average Bonchev–Trinajstić information content (AvgIpc) is 2.55. The summed E-state index contributed by atoms with van der Waals surface area (Å²) in [5.41, 5.74) is 0.821. The van der Waals surface area contributed by atoms with Crippen molar-refractivity contribution in [3.8, 4) is 0 Å². The van der Waals surface area contributed by atoms with Crippen molar-refractivity contribution >= 4 is 17.6 Å². The Labute approximate surface area is 136 Å². The SMILES string of the molecule is COC(=O)C(C)(C)c1ccc(NC(=O)CC2COCCN2)cc1. The summed E-state index contributed by atoms with van der Waals surface area (Å²) < 4.78 is 10.2. The third-order valence-electron chi connectivity index (χ3n) is 4.02. The van der Waals surface area contributed by atoms with Crippen LogP contribution >= 0.6 is 0 Å². The molecule has 0 aliphatic carbocycles. The summed E-state index contributed by atoms with van der Waals surface area (Å²) in [6, 6.07) is 7.30. The van der Waals surface area contributed by atoms with Gasteiger partial charge in [-0.15, -0.1) is 0 Å². The quantitative estimate of drug-likeness (QED) is 0.803. The average molecular weight is 320 g/mol. The first-order valence-electron chi connectivity index (χ1n) is 7.73. The number of rotatable bonds is 5. The molecule has 1 saturated heterocycles. The summed E-state index contributed by atoms with van der Waals surface area (Å²) in [7, 11) is 1.38. The van der Waals surface area contributed by atoms with E-state index in [0.717, 1.165) is 12.1 Å². The van der Waals surface area contributed by atoms with Crippen molar-refractivity contribution in [2.75, 3.05) is 32.2 Å². The molecule has 0 saturated carbocycles. The molecule has 23 heavy (non-hydrogen) atoms. The highest BCUT2D eigenvalue weighted by Gasteiger charge is 2.30. The largest absolute Gasteiger partial charge is 0.468 e. The molecule has 2 rings (SSSR count). The molecule has 0 aromatic heterocycles. The van der Waals surface area contributed by atoms with E-state index in [-0.39, 0.29) is 17.9 Å². The number of amides is 1. The van der Waals surface area contributed by atoms with Crippen LogP contribution in [0.1, 0.15) is 25.8 Å². The fourth-order valence-electron chi connectivity index (χ4n) is 2.53. The molecular formula is C17H24N2O4. The molecule has 1 atom stereocenters. The second-order valence-electron chi connectivity index (χ2n) is 6.17. The summed E-state index contributed by atoms with van der Waals surface area (Å²) in [4.78, 5) is 23.8. The number of carbonyl (C=O) groups is 2. The third-order valence-corrected chi connectivity index (χ3v) is 4.02. The maximum absolute atomic E-state index is 12.0. The van der Waals surface area contributed by atoms with Gasteiger partial charge in [0.2, 0.25) is 5.91 Å². The zero-order chi connectivity index (χ0) is 16.9. The van der Waals surface area contributed by atoms with E-state index in [4.69, 9.17) is 9.47 Å². The topological polar surface area (TPSA) is 76.7 Å². The van der Waals surface area contributed by atoms with Crippen molar-refractivity contribution in [2.45, 2.75) is 31.7 Å². The van der Waals surface area contributed by atoms with Gasteiger partial charge in [-0.3, -0.25) is 9.59 Å². The molecule has 2 N–H and O–H groups in total. The minimum absolute atomic E-state index is 0.0567. The van der Waals surface area contributed by atoms with Crippen molar-refractivity contribution in [2.24, 2.45) is 0 Å². The normalized spacial score (nSPS) is 18.3. The van der Waals surface area contributed by atoms with Gasteiger partial charge in [0.15, 0.2) is 0 Å². The molecule has 6 nitrogen and oxygen atoms in total. The predicted molar refractivity (Wildman–Crippen MR) is 87.3 cm³/mol. The Morgan fingerprint density at radius 3 is 2.61 bits per heavy atom. The van der Waals surface area contributed by atoms with Crippen LogP contribution in [0.4, 0.5) is 5.69 Å². The van der Waals surface area contributed by atoms with Crippen LogP contribution < -0.4 is 10.6 Å². The molecular weight excluding hydrogens is 296 g/mol. The first-order valence-corrected chi connectivity index (χ1v) is 7.73. The van der Waals surface area contributed by atoms with Gasteiger partial charge in [0.25, 0.3) is 0 Å². The van der Waals surface area contributed by atoms with Crippen LogP contribution in [-0.4, -0.2) is 44.8 Å². The Morgan fingerprint density at radius 1 is 1.35 bits per heavy atom. The summed E-state index contributed by atoms with van der Waals surface area (Å²) >= 11 is 0. The number of esters is 1. The predicted octanol–water partition coefficient (Wildman–Crippen LogP) is 1.45. The van der Waals surface area contributed by atoms with Gasteiger partial charge in [0, 0.05) is 24.7 Å². The van der Waals surface area contributed by atoms with E-state index >= 15 is 0 Å². The van der Waals surface area contributed by atoms with Crippen LogP contribution in [-0.2, 0) is 24.5 Å². The Kier molecular flexibility index (Phi) is 5.74. The number of hydrogen-bond donors (Lipinski definition) is 2. The van der Waals surface area contributed by atoms with Crippen LogP contribution in [0, 0.1) is 0 Å². The minimum Gasteiger partial charge on any atom is -0.468 e. The van der Waals surface area contributed by atoms with Gasteiger partial charge in [-0.25, -0.2) is 0 Å². The molecule has 1 aromatic rings. The van der Waals surface area contributed by atoms with E-state index in [0.29, 0.717) is 25.3 Å². The van der Waals surface area contributed by atoms with E-state index < -0.39 is 5.41 Å². The molecule has 0 spiro atoms. The Morgan fingerprint density at radius 2 is 2.04 bits per heavy atom. The van der Waals surface area contributed by atoms with Crippen LogP contribution in [0.5, 0.6) is 0 Å². The summed E-state index contributed by atoms with van der Waals surface area (Å²) in [5, 5.41) is 6.11. The van der Waals surface area contributed by atoms with E-state index in [1.807, 2.05) is 12.1 Å². The molecule has 1 fully saturated rings. The van der Waals surface area contributed by atoms with Gasteiger partial charge >= 0.3 is 5.97 Å². The standard InChI is InChI=1S/C17H24N2O4/c1-17(2,16(21)22-3)12-4-6-13(7-5-12)19-15(20)10-14-11-23-9-8-18-14/h4-7,14,18H,8-11H2,1-3H3,(H,19,20). The number of ether oxygens (including phenoxy) is 2. The third kappa shape index (κ3) is 4.53. The van der Waals surface area contributed by atoms with Crippen molar-refractivity contribution in [3.05, 3.63) is 29.8 Å². The molecule has 6 heteroatoms. The Bertz CT molecular complexity index is 548. The number of carbonyl (C=O) groups excluding carboxylic acids is 2. The molecule has 1 aliphatic heterocycles. The Balaban J connectivity index is 1.94. The molecule has 1 aromatic carbocycles. The zero-order valence-electron chi connectivity index (χ0n) is 13.8. The van der Waals surface area contributed by atoms with Gasteiger partial charge in [-0.05, 0) is 31.5 Å². The van der Waals surface area contributed by atoms with Crippen molar-refractivity contribution < 1.29 is 19.1 Å². The molecule has 1 amide bonds. The van der Waals surface area contributed by atoms with E-state index in [1.54, 1.807) is 26.0 Å². The molecule has 126 valence electrons. The first kappa shape index (κ1) is 17.4. The highest BCUT2D eigenvalue weighted by Crippen LogP contribution is 2.26. The monoisotopic (exact) mass is 320 g/mol. The summed E-state index contributed by atoms with van der Waals surface area (Å²) in [5.74, 6) is -0.356. The maximum Gasteiger partial charge on any atom is 0.315 e. The number of methoxy groups -OCH3 is 1. The molecule has 0 bridgehead atoms. The summed E-state index contributed by atoms with van der Waals surface area (Å²) in [6.07, 6.45) is 0.370. The fraction of sp³-hybridized carbons (Fsp3) is 0.529. The van der Waals surface area contributed by atoms with Gasteiger partial charge in [-0.1, -0.05) is 12.1 Å². The minimum atomic E-state index is -0.722. The van der Waals surface area contributed by atoms with Crippen LogP contribution in [0.2, 0.25) is 0 Å². The van der Waals surface area contributed by atoms with Crippen LogP contribution in [0.25, 0.3) is 0 Å². The molecule has 1 aliphatic rings. The lowest BCUT2D eigenvalue weighted by atomic mass is 9.85. The van der Waals surface area contributed by atoms with E-state index in [1.165, 1.54) is 7.11 Å². The molecule has 1 heterocycles. The second kappa shape index (κ2) is 7.57.